The van der Waals surface area contributed by atoms with Gasteiger partial charge < -0.3 is 10.6 Å². The first-order valence-corrected chi connectivity index (χ1v) is 8.97. The summed E-state index contributed by atoms with van der Waals surface area (Å²) in [4.78, 5) is 9.87. The lowest BCUT2D eigenvalue weighted by molar-refractivity contribution is 0.0174. The predicted molar refractivity (Wildman–Crippen MR) is 111 cm³/mol. The monoisotopic (exact) mass is 461 g/mol. The summed E-state index contributed by atoms with van der Waals surface area (Å²) in [6.45, 7) is 10.5. The molecule has 25 heavy (non-hydrogen) atoms. The number of halogens is 2. The van der Waals surface area contributed by atoms with E-state index in [1.165, 1.54) is 38.3 Å². The highest BCUT2D eigenvalue weighted by Crippen LogP contribution is 2.15. The summed E-state index contributed by atoms with van der Waals surface area (Å²) in [5, 5.41) is 6.69. The number of guanidine groups is 1. The molecule has 4 rings (SSSR count). The van der Waals surface area contributed by atoms with E-state index in [1.807, 2.05) is 12.1 Å². The third kappa shape index (κ3) is 6.07. The normalized spacial score (nSPS) is 25.4. The summed E-state index contributed by atoms with van der Waals surface area (Å²) in [5.41, 5.74) is 1.13. The van der Waals surface area contributed by atoms with E-state index in [0.29, 0.717) is 6.04 Å². The maximum Gasteiger partial charge on any atom is 0.191 e. The van der Waals surface area contributed by atoms with E-state index < -0.39 is 0 Å². The smallest absolute Gasteiger partial charge is 0.191 e. The van der Waals surface area contributed by atoms with Crippen LogP contribution in [-0.4, -0.2) is 74.2 Å². The van der Waals surface area contributed by atoms with Gasteiger partial charge in [0.1, 0.15) is 5.82 Å². The van der Waals surface area contributed by atoms with Crippen LogP contribution >= 0.6 is 24.0 Å². The quantitative estimate of drug-likeness (QED) is 0.384. The van der Waals surface area contributed by atoms with Crippen LogP contribution in [0.1, 0.15) is 12.5 Å². The minimum atomic E-state index is -0.186. The Bertz CT molecular complexity index is 543. The van der Waals surface area contributed by atoms with Gasteiger partial charge in [0.25, 0.3) is 0 Å². The van der Waals surface area contributed by atoms with E-state index in [9.17, 15) is 4.39 Å². The van der Waals surface area contributed by atoms with Crippen LogP contribution < -0.4 is 10.6 Å². The zero-order chi connectivity index (χ0) is 16.8. The van der Waals surface area contributed by atoms with Crippen LogP contribution in [0.5, 0.6) is 0 Å². The Morgan fingerprint density at radius 3 is 2.48 bits per heavy atom. The van der Waals surface area contributed by atoms with E-state index in [2.05, 4.69) is 27.4 Å². The third-order valence-corrected chi connectivity index (χ3v) is 4.82. The molecule has 1 unspecified atom stereocenters. The maximum atomic E-state index is 12.9. The molecule has 0 spiro atoms. The highest BCUT2D eigenvalue weighted by atomic mass is 127. The van der Waals surface area contributed by atoms with Crippen molar-refractivity contribution in [2.75, 3.05) is 52.4 Å². The Hall–Kier alpha value is -0.930. The van der Waals surface area contributed by atoms with Gasteiger partial charge in [-0.15, -0.1) is 24.0 Å². The molecule has 5 nitrogen and oxygen atoms in total. The average molecular weight is 461 g/mol. The lowest BCUT2D eigenvalue weighted by Gasteiger charge is -2.47. The first-order valence-electron chi connectivity index (χ1n) is 8.97. The second-order valence-corrected chi connectivity index (χ2v) is 6.51. The average Bonchev–Trinajstić information content (AvgIpc) is 2.62. The second-order valence-electron chi connectivity index (χ2n) is 6.51. The molecular weight excluding hydrogens is 432 g/mol. The summed E-state index contributed by atoms with van der Waals surface area (Å²) < 4.78 is 12.9. The van der Waals surface area contributed by atoms with Gasteiger partial charge in [-0.25, -0.2) is 4.39 Å². The summed E-state index contributed by atoms with van der Waals surface area (Å²) in [7, 11) is 0. The molecule has 3 aliphatic rings. The first-order chi connectivity index (χ1) is 11.7. The van der Waals surface area contributed by atoms with Gasteiger partial charge >= 0.3 is 0 Å². The molecule has 2 bridgehead atoms. The van der Waals surface area contributed by atoms with E-state index in [1.54, 1.807) is 0 Å². The molecule has 0 amide bonds. The summed E-state index contributed by atoms with van der Waals surface area (Å²) in [5.74, 6) is 0.686. The topological polar surface area (TPSA) is 42.9 Å². The second kappa shape index (κ2) is 10.3. The minimum Gasteiger partial charge on any atom is -0.357 e. The van der Waals surface area contributed by atoms with Crippen molar-refractivity contribution < 1.29 is 4.39 Å². The minimum absolute atomic E-state index is 0. The van der Waals surface area contributed by atoms with Crippen molar-refractivity contribution in [3.05, 3.63) is 35.6 Å². The fourth-order valence-corrected chi connectivity index (χ4v) is 3.41. The van der Waals surface area contributed by atoms with Gasteiger partial charge in [0.2, 0.25) is 0 Å². The lowest BCUT2D eigenvalue weighted by atomic mass is 10.1. The van der Waals surface area contributed by atoms with E-state index >= 15 is 0 Å². The number of hydrogen-bond donors (Lipinski definition) is 2. The van der Waals surface area contributed by atoms with Crippen molar-refractivity contribution in [3.8, 4) is 0 Å². The van der Waals surface area contributed by atoms with Gasteiger partial charge in [0.15, 0.2) is 5.96 Å². The van der Waals surface area contributed by atoms with Crippen LogP contribution in [0.15, 0.2) is 29.3 Å². The van der Waals surface area contributed by atoms with Gasteiger partial charge in [-0.2, -0.15) is 0 Å². The largest absolute Gasteiger partial charge is 0.357 e. The highest BCUT2D eigenvalue weighted by molar-refractivity contribution is 14.0. The SMILES string of the molecule is CCNC(=NCC1CN2CCN1CC2)NCCc1ccc(F)cc1.I. The maximum absolute atomic E-state index is 12.9. The molecule has 3 fully saturated rings. The Labute approximate surface area is 167 Å². The molecule has 3 heterocycles. The molecule has 1 aromatic carbocycles. The Morgan fingerprint density at radius 2 is 1.88 bits per heavy atom. The number of nitrogens with zero attached hydrogens (tertiary/aromatic N) is 3. The van der Waals surface area contributed by atoms with E-state index in [-0.39, 0.29) is 29.8 Å². The van der Waals surface area contributed by atoms with E-state index in [0.717, 1.165) is 44.1 Å². The van der Waals surface area contributed by atoms with E-state index in [4.69, 9.17) is 4.99 Å². The van der Waals surface area contributed by atoms with Crippen LogP contribution in [-0.2, 0) is 6.42 Å². The Balaban J connectivity index is 0.00000225. The molecular formula is C18H29FIN5. The predicted octanol–water partition coefficient (Wildman–Crippen LogP) is 1.54. The number of aliphatic imine (C=N–C) groups is 1. The van der Waals surface area contributed by atoms with Gasteiger partial charge in [-0.3, -0.25) is 14.8 Å². The highest BCUT2D eigenvalue weighted by Gasteiger charge is 2.31. The molecule has 1 aromatic rings. The number of benzene rings is 1. The zero-order valence-corrected chi connectivity index (χ0v) is 17.2. The molecule has 3 aliphatic heterocycles. The van der Waals surface area contributed by atoms with Gasteiger partial charge in [-0.05, 0) is 31.0 Å². The lowest BCUT2D eigenvalue weighted by Crippen LogP contribution is -2.62. The van der Waals surface area contributed by atoms with Crippen LogP contribution in [0, 0.1) is 5.82 Å². The molecule has 0 aliphatic carbocycles. The fraction of sp³-hybridized carbons (Fsp3) is 0.611. The number of piperazine rings is 3. The molecule has 1 atom stereocenters. The summed E-state index contributed by atoms with van der Waals surface area (Å²) in [6, 6.07) is 7.23. The zero-order valence-electron chi connectivity index (χ0n) is 14.9. The van der Waals surface area contributed by atoms with Crippen LogP contribution in [0.2, 0.25) is 0 Å². The van der Waals surface area contributed by atoms with Crippen molar-refractivity contribution in [1.82, 2.24) is 20.4 Å². The molecule has 3 saturated heterocycles. The van der Waals surface area contributed by atoms with Crippen molar-refractivity contribution in [3.63, 3.8) is 0 Å². The number of hydrogen-bond acceptors (Lipinski definition) is 3. The van der Waals surface area contributed by atoms with Gasteiger partial charge in [0, 0.05) is 51.9 Å². The Kier molecular flexibility index (Phi) is 8.38. The molecule has 0 aromatic heterocycles. The van der Waals surface area contributed by atoms with Crippen LogP contribution in [0.4, 0.5) is 4.39 Å². The Morgan fingerprint density at radius 1 is 1.16 bits per heavy atom. The van der Waals surface area contributed by atoms with Crippen molar-refractivity contribution in [2.24, 2.45) is 4.99 Å². The molecule has 0 saturated carbocycles. The molecule has 7 heteroatoms. The molecule has 2 N–H and O–H groups in total. The standard InChI is InChI=1S/C18H28FN5.HI/c1-2-20-18(21-8-7-15-3-5-16(19)6-4-15)22-13-17-14-23-9-11-24(17)12-10-23;/h3-6,17H,2,7-14H2,1H3,(H2,20,21,22);1H. The van der Waals surface area contributed by atoms with Crippen molar-refractivity contribution in [2.45, 2.75) is 19.4 Å². The molecule has 0 radical (unpaired) electrons. The summed E-state index contributed by atoms with van der Waals surface area (Å²) >= 11 is 0. The number of fused-ring (bicyclic) bond motifs is 3. The fourth-order valence-electron chi connectivity index (χ4n) is 3.41. The van der Waals surface area contributed by atoms with Crippen molar-refractivity contribution >= 4 is 29.9 Å². The molecule has 140 valence electrons. The van der Waals surface area contributed by atoms with Crippen LogP contribution in [0.3, 0.4) is 0 Å². The van der Waals surface area contributed by atoms with Gasteiger partial charge in [0.05, 0.1) is 6.54 Å². The summed E-state index contributed by atoms with van der Waals surface area (Å²) in [6.07, 6.45) is 0.855. The third-order valence-electron chi connectivity index (χ3n) is 4.82. The van der Waals surface area contributed by atoms with Gasteiger partial charge in [-0.1, -0.05) is 12.1 Å². The number of nitrogens with one attached hydrogen (secondary N) is 2. The van der Waals surface area contributed by atoms with Crippen LogP contribution in [0.25, 0.3) is 0 Å². The number of rotatable bonds is 6. The van der Waals surface area contributed by atoms with Crippen molar-refractivity contribution in [1.29, 1.82) is 0 Å². The first kappa shape index (κ1) is 20.4.